The fourth-order valence-corrected chi connectivity index (χ4v) is 1.65. The molecule has 3 heteroatoms. The van der Waals surface area contributed by atoms with E-state index in [0.29, 0.717) is 12.1 Å². The van der Waals surface area contributed by atoms with Crippen LogP contribution >= 0.6 is 0 Å². The van der Waals surface area contributed by atoms with Gasteiger partial charge in [-0.1, -0.05) is 6.92 Å². The Morgan fingerprint density at radius 3 is 2.71 bits per heavy atom. The van der Waals surface area contributed by atoms with E-state index in [9.17, 15) is 0 Å². The van der Waals surface area contributed by atoms with Gasteiger partial charge in [-0.15, -0.1) is 0 Å². The van der Waals surface area contributed by atoms with Crippen LogP contribution in [0.2, 0.25) is 0 Å². The molecule has 0 spiro atoms. The molecule has 14 heavy (non-hydrogen) atoms. The molecule has 3 nitrogen and oxygen atoms in total. The van der Waals surface area contributed by atoms with Crippen LogP contribution in [-0.4, -0.2) is 39.0 Å². The van der Waals surface area contributed by atoms with Crippen molar-refractivity contribution in [2.75, 3.05) is 26.9 Å². The highest BCUT2D eigenvalue weighted by atomic mass is 16.5. The van der Waals surface area contributed by atoms with E-state index < -0.39 is 0 Å². The van der Waals surface area contributed by atoms with Gasteiger partial charge in [-0.05, 0) is 32.2 Å². The number of rotatable bonds is 8. The highest BCUT2D eigenvalue weighted by Crippen LogP contribution is 2.22. The van der Waals surface area contributed by atoms with Gasteiger partial charge < -0.3 is 14.8 Å². The van der Waals surface area contributed by atoms with Crippen molar-refractivity contribution in [1.82, 2.24) is 5.32 Å². The predicted molar refractivity (Wildman–Crippen MR) is 57.5 cm³/mol. The third kappa shape index (κ3) is 4.40. The molecule has 1 rings (SSSR count). The molecule has 0 unspecified atom stereocenters. The monoisotopic (exact) mass is 201 g/mol. The quantitative estimate of drug-likeness (QED) is 0.605. The van der Waals surface area contributed by atoms with Gasteiger partial charge in [-0.3, -0.25) is 0 Å². The average molecular weight is 201 g/mol. The van der Waals surface area contributed by atoms with Crippen LogP contribution in [0.25, 0.3) is 0 Å². The van der Waals surface area contributed by atoms with Crippen molar-refractivity contribution in [3.8, 4) is 0 Å². The number of nitrogens with one attached hydrogen (secondary N) is 1. The van der Waals surface area contributed by atoms with Crippen LogP contribution in [0.3, 0.4) is 0 Å². The number of methoxy groups -OCH3 is 1. The van der Waals surface area contributed by atoms with E-state index in [-0.39, 0.29) is 0 Å². The van der Waals surface area contributed by atoms with Crippen LogP contribution in [0.1, 0.15) is 32.6 Å². The minimum absolute atomic E-state index is 0.504. The van der Waals surface area contributed by atoms with Crippen LogP contribution in [-0.2, 0) is 9.47 Å². The van der Waals surface area contributed by atoms with Crippen LogP contribution in [0.4, 0.5) is 0 Å². The Labute approximate surface area is 87.2 Å². The molecule has 1 saturated carbocycles. The molecule has 0 atom stereocenters. The van der Waals surface area contributed by atoms with E-state index in [1.54, 1.807) is 7.11 Å². The lowest BCUT2D eigenvalue weighted by Crippen LogP contribution is -2.45. The summed E-state index contributed by atoms with van der Waals surface area (Å²) < 4.78 is 10.6. The molecule has 0 aromatic carbocycles. The van der Waals surface area contributed by atoms with Crippen molar-refractivity contribution in [2.45, 2.75) is 44.8 Å². The molecule has 0 aromatic heterocycles. The molecule has 1 N–H and O–H groups in total. The first-order valence-corrected chi connectivity index (χ1v) is 5.70. The molecular weight excluding hydrogens is 178 g/mol. The fraction of sp³-hybridized carbons (Fsp3) is 1.00. The molecule has 0 heterocycles. The molecule has 1 aliphatic rings. The molecule has 0 bridgehead atoms. The highest BCUT2D eigenvalue weighted by molar-refractivity contribution is 4.85. The fourth-order valence-electron chi connectivity index (χ4n) is 1.65. The van der Waals surface area contributed by atoms with Crippen molar-refractivity contribution in [3.05, 3.63) is 0 Å². The maximum atomic E-state index is 5.39. The molecule has 0 radical (unpaired) electrons. The molecule has 84 valence electrons. The first kappa shape index (κ1) is 12.0. The van der Waals surface area contributed by atoms with Crippen molar-refractivity contribution >= 4 is 0 Å². The topological polar surface area (TPSA) is 30.5 Å². The summed E-state index contributed by atoms with van der Waals surface area (Å²) in [7, 11) is 1.79. The van der Waals surface area contributed by atoms with Gasteiger partial charge in [0.25, 0.3) is 0 Å². The number of hydrogen-bond donors (Lipinski definition) is 1. The van der Waals surface area contributed by atoms with Gasteiger partial charge in [0.1, 0.15) is 0 Å². The zero-order chi connectivity index (χ0) is 10.2. The Morgan fingerprint density at radius 2 is 2.07 bits per heavy atom. The summed E-state index contributed by atoms with van der Waals surface area (Å²) in [5.74, 6) is 0. The van der Waals surface area contributed by atoms with E-state index in [4.69, 9.17) is 9.47 Å². The molecular formula is C11H23NO2. The predicted octanol–water partition coefficient (Wildman–Crippen LogP) is 1.57. The van der Waals surface area contributed by atoms with Crippen molar-refractivity contribution in [2.24, 2.45) is 0 Å². The van der Waals surface area contributed by atoms with Crippen LogP contribution in [0.5, 0.6) is 0 Å². The van der Waals surface area contributed by atoms with Gasteiger partial charge in [-0.2, -0.15) is 0 Å². The summed E-state index contributed by atoms with van der Waals surface area (Å²) in [5, 5.41) is 3.50. The van der Waals surface area contributed by atoms with Crippen LogP contribution in [0.15, 0.2) is 0 Å². The van der Waals surface area contributed by atoms with Gasteiger partial charge in [0.15, 0.2) is 0 Å². The number of ether oxygens (including phenoxy) is 2. The molecule has 0 amide bonds. The van der Waals surface area contributed by atoms with Gasteiger partial charge in [-0.25, -0.2) is 0 Å². The zero-order valence-electron chi connectivity index (χ0n) is 9.42. The van der Waals surface area contributed by atoms with E-state index in [2.05, 4.69) is 12.2 Å². The van der Waals surface area contributed by atoms with Gasteiger partial charge in [0, 0.05) is 26.4 Å². The van der Waals surface area contributed by atoms with Crippen molar-refractivity contribution < 1.29 is 9.47 Å². The second kappa shape index (κ2) is 7.21. The SMILES string of the molecule is CCCOCCCNC1CC(OC)C1. The summed E-state index contributed by atoms with van der Waals surface area (Å²) in [5.41, 5.74) is 0. The summed E-state index contributed by atoms with van der Waals surface area (Å²) in [6.07, 6.45) is 5.09. The van der Waals surface area contributed by atoms with Gasteiger partial charge >= 0.3 is 0 Å². The second-order valence-electron chi connectivity index (χ2n) is 3.95. The lowest BCUT2D eigenvalue weighted by molar-refractivity contribution is 0.0168. The molecule has 0 saturated heterocycles. The molecule has 1 aliphatic carbocycles. The summed E-state index contributed by atoms with van der Waals surface area (Å²) >= 11 is 0. The Morgan fingerprint density at radius 1 is 1.29 bits per heavy atom. The highest BCUT2D eigenvalue weighted by Gasteiger charge is 2.27. The van der Waals surface area contributed by atoms with Gasteiger partial charge in [0.05, 0.1) is 6.10 Å². The normalized spacial score (nSPS) is 26.1. The van der Waals surface area contributed by atoms with E-state index >= 15 is 0 Å². The Kier molecular flexibility index (Phi) is 6.15. The third-order valence-electron chi connectivity index (χ3n) is 2.68. The molecule has 0 aromatic rings. The Bertz CT molecular complexity index is 135. The largest absolute Gasteiger partial charge is 0.381 e. The summed E-state index contributed by atoms with van der Waals surface area (Å²) in [6, 6.07) is 0.686. The first-order chi connectivity index (χ1) is 6.86. The smallest absolute Gasteiger partial charge is 0.0601 e. The van der Waals surface area contributed by atoms with Crippen LogP contribution < -0.4 is 5.32 Å². The average Bonchev–Trinajstić information content (AvgIpc) is 2.14. The van der Waals surface area contributed by atoms with E-state index in [1.807, 2.05) is 0 Å². The Hall–Kier alpha value is -0.120. The lowest BCUT2D eigenvalue weighted by Gasteiger charge is -2.34. The minimum atomic E-state index is 0.504. The number of hydrogen-bond acceptors (Lipinski definition) is 3. The first-order valence-electron chi connectivity index (χ1n) is 5.70. The lowest BCUT2D eigenvalue weighted by atomic mass is 9.89. The van der Waals surface area contributed by atoms with Crippen molar-refractivity contribution in [1.29, 1.82) is 0 Å². The summed E-state index contributed by atoms with van der Waals surface area (Å²) in [4.78, 5) is 0. The minimum Gasteiger partial charge on any atom is -0.381 e. The second-order valence-corrected chi connectivity index (χ2v) is 3.95. The van der Waals surface area contributed by atoms with Gasteiger partial charge in [0.2, 0.25) is 0 Å². The Balaban J connectivity index is 1.77. The zero-order valence-corrected chi connectivity index (χ0v) is 9.42. The maximum absolute atomic E-state index is 5.39. The van der Waals surface area contributed by atoms with Crippen molar-refractivity contribution in [3.63, 3.8) is 0 Å². The maximum Gasteiger partial charge on any atom is 0.0601 e. The summed E-state index contributed by atoms with van der Waals surface area (Å²) in [6.45, 7) is 5.00. The standard InChI is InChI=1S/C11H23NO2/c1-3-6-14-7-4-5-12-10-8-11(9-10)13-2/h10-12H,3-9H2,1-2H3. The third-order valence-corrected chi connectivity index (χ3v) is 2.68. The van der Waals surface area contributed by atoms with E-state index in [1.165, 1.54) is 12.8 Å². The van der Waals surface area contributed by atoms with Crippen LogP contribution in [0, 0.1) is 0 Å². The molecule has 1 fully saturated rings. The van der Waals surface area contributed by atoms with E-state index in [0.717, 1.165) is 32.6 Å². The molecule has 0 aliphatic heterocycles.